The molecule has 1 atom stereocenters. The lowest BCUT2D eigenvalue weighted by molar-refractivity contribution is -0.130. The van der Waals surface area contributed by atoms with E-state index in [-0.39, 0.29) is 29.3 Å². The van der Waals surface area contributed by atoms with Crippen LogP contribution in [-0.2, 0) is 11.3 Å². The van der Waals surface area contributed by atoms with Crippen LogP contribution >= 0.6 is 23.4 Å². The van der Waals surface area contributed by atoms with Gasteiger partial charge in [-0.15, -0.1) is 0 Å². The fourth-order valence-corrected chi connectivity index (χ4v) is 5.67. The second kappa shape index (κ2) is 12.5. The van der Waals surface area contributed by atoms with Gasteiger partial charge in [0.05, 0.1) is 5.75 Å². The second-order valence-corrected chi connectivity index (χ2v) is 12.3. The maximum Gasteiger partial charge on any atom is 0.318 e. The summed E-state index contributed by atoms with van der Waals surface area (Å²) in [6.45, 7) is 13.9. The normalized spacial score (nSPS) is 19.0. The van der Waals surface area contributed by atoms with Crippen LogP contribution in [0.25, 0.3) is 0 Å². The van der Waals surface area contributed by atoms with Crippen molar-refractivity contribution in [3.8, 4) is 0 Å². The van der Waals surface area contributed by atoms with Gasteiger partial charge in [-0.05, 0) is 33.3 Å². The van der Waals surface area contributed by atoms with Gasteiger partial charge in [0.1, 0.15) is 11.0 Å². The number of benzene rings is 1. The molecule has 206 valence electrons. The van der Waals surface area contributed by atoms with Crippen LogP contribution < -0.4 is 10.2 Å². The fourth-order valence-electron chi connectivity index (χ4n) is 4.69. The van der Waals surface area contributed by atoms with E-state index in [1.807, 2.05) is 43.6 Å². The Labute approximate surface area is 234 Å². The molecule has 0 spiro atoms. The molecule has 2 saturated heterocycles. The van der Waals surface area contributed by atoms with Crippen LogP contribution in [0.15, 0.2) is 41.6 Å². The van der Waals surface area contributed by atoms with Gasteiger partial charge in [0.25, 0.3) is 0 Å². The van der Waals surface area contributed by atoms with Gasteiger partial charge in [0.2, 0.25) is 5.91 Å². The quantitative estimate of drug-likeness (QED) is 0.329. The molecular formula is C27H38ClN7O2S. The Morgan fingerprint density at radius 3 is 2.42 bits per heavy atom. The number of anilines is 1. The highest BCUT2D eigenvalue weighted by molar-refractivity contribution is 7.99. The zero-order chi connectivity index (χ0) is 27.3. The summed E-state index contributed by atoms with van der Waals surface area (Å²) < 4.78 is 0. The average molecular weight is 560 g/mol. The standard InChI is InChI=1S/C27H38ClN7O2S/c1-20-17-34(14-15-35(20)26(37)31-27(2,3)4)23-16-22(28)29-25(30-23)38-19-24(36)33-12-10-32(11-13-33)18-21-8-6-5-7-9-21/h5-9,16,20H,10-15,17-19H2,1-4H3,(H,31,37). The maximum absolute atomic E-state index is 12.9. The molecule has 2 aromatic rings. The lowest BCUT2D eigenvalue weighted by Gasteiger charge is -2.41. The first-order chi connectivity index (χ1) is 18.1. The number of hydrogen-bond donors (Lipinski definition) is 1. The molecule has 3 heterocycles. The number of nitrogens with zero attached hydrogens (tertiary/aromatic N) is 6. The molecule has 2 aliphatic heterocycles. The van der Waals surface area contributed by atoms with E-state index in [1.165, 1.54) is 17.3 Å². The van der Waals surface area contributed by atoms with Crippen LogP contribution in [0.4, 0.5) is 10.6 Å². The number of piperazine rings is 2. The number of halogens is 1. The highest BCUT2D eigenvalue weighted by atomic mass is 35.5. The van der Waals surface area contributed by atoms with E-state index in [2.05, 4.69) is 44.4 Å². The molecule has 3 amide bonds. The largest absolute Gasteiger partial charge is 0.353 e. The van der Waals surface area contributed by atoms with Gasteiger partial charge in [0, 0.05) is 70.0 Å². The summed E-state index contributed by atoms with van der Waals surface area (Å²) in [5, 5.41) is 3.88. The van der Waals surface area contributed by atoms with Crippen molar-refractivity contribution in [2.45, 2.75) is 51.0 Å². The summed E-state index contributed by atoms with van der Waals surface area (Å²) in [4.78, 5) is 42.9. The molecule has 2 aliphatic rings. The van der Waals surface area contributed by atoms with Gasteiger partial charge in [-0.2, -0.15) is 0 Å². The molecule has 0 radical (unpaired) electrons. The highest BCUT2D eigenvalue weighted by Gasteiger charge is 2.30. The Balaban J connectivity index is 1.27. The Bertz CT molecular complexity index is 1110. The van der Waals surface area contributed by atoms with E-state index in [4.69, 9.17) is 16.6 Å². The van der Waals surface area contributed by atoms with Crippen molar-refractivity contribution in [3.63, 3.8) is 0 Å². The number of nitrogens with one attached hydrogen (secondary N) is 1. The van der Waals surface area contributed by atoms with Crippen molar-refractivity contribution >= 4 is 41.1 Å². The molecule has 1 N–H and O–H groups in total. The average Bonchev–Trinajstić information content (AvgIpc) is 2.87. The first-order valence-electron chi connectivity index (χ1n) is 13.1. The van der Waals surface area contributed by atoms with E-state index in [0.717, 1.165) is 38.5 Å². The zero-order valence-electron chi connectivity index (χ0n) is 22.7. The Morgan fingerprint density at radius 1 is 1.05 bits per heavy atom. The Morgan fingerprint density at radius 2 is 1.76 bits per heavy atom. The molecule has 0 saturated carbocycles. The van der Waals surface area contributed by atoms with Crippen LogP contribution in [-0.4, -0.2) is 99.8 Å². The van der Waals surface area contributed by atoms with Crippen LogP contribution in [0.2, 0.25) is 5.15 Å². The molecule has 2 fully saturated rings. The van der Waals surface area contributed by atoms with E-state index < -0.39 is 0 Å². The summed E-state index contributed by atoms with van der Waals surface area (Å²) in [6.07, 6.45) is 0. The third kappa shape index (κ3) is 7.97. The zero-order valence-corrected chi connectivity index (χ0v) is 24.3. The van der Waals surface area contributed by atoms with Crippen LogP contribution in [0.5, 0.6) is 0 Å². The minimum absolute atomic E-state index is 0.0121. The van der Waals surface area contributed by atoms with Gasteiger partial charge in [-0.1, -0.05) is 53.7 Å². The summed E-state index contributed by atoms with van der Waals surface area (Å²) >= 11 is 7.66. The Hall–Kier alpha value is -2.56. The van der Waals surface area contributed by atoms with Crippen molar-refractivity contribution in [3.05, 3.63) is 47.1 Å². The van der Waals surface area contributed by atoms with Crippen LogP contribution in [0, 0.1) is 0 Å². The van der Waals surface area contributed by atoms with Crippen molar-refractivity contribution in [1.29, 1.82) is 0 Å². The molecule has 0 bridgehead atoms. The number of urea groups is 1. The highest BCUT2D eigenvalue weighted by Crippen LogP contribution is 2.25. The number of rotatable bonds is 6. The fraction of sp³-hybridized carbons (Fsp3) is 0.556. The molecule has 11 heteroatoms. The summed E-state index contributed by atoms with van der Waals surface area (Å²) in [5.74, 6) is 1.08. The van der Waals surface area contributed by atoms with Gasteiger partial charge in [-0.25, -0.2) is 14.8 Å². The monoisotopic (exact) mass is 559 g/mol. The van der Waals surface area contributed by atoms with Gasteiger partial charge in [0.15, 0.2) is 5.16 Å². The van der Waals surface area contributed by atoms with Crippen molar-refractivity contribution in [2.24, 2.45) is 0 Å². The number of carbonyl (C=O) groups excluding carboxylic acids is 2. The topological polar surface area (TPSA) is 84.9 Å². The first kappa shape index (κ1) is 28.4. The minimum Gasteiger partial charge on any atom is -0.353 e. The number of amides is 3. The van der Waals surface area contributed by atoms with Crippen molar-refractivity contribution in [2.75, 3.05) is 56.5 Å². The molecular weight excluding hydrogens is 522 g/mol. The van der Waals surface area contributed by atoms with Gasteiger partial charge < -0.3 is 20.0 Å². The molecule has 0 aliphatic carbocycles. The number of thioether (sulfide) groups is 1. The molecule has 1 aromatic heterocycles. The summed E-state index contributed by atoms with van der Waals surface area (Å²) in [7, 11) is 0. The second-order valence-electron chi connectivity index (χ2n) is 10.9. The smallest absolute Gasteiger partial charge is 0.318 e. The lowest BCUT2D eigenvalue weighted by atomic mass is 10.1. The van der Waals surface area contributed by atoms with Gasteiger partial charge in [-0.3, -0.25) is 9.69 Å². The number of carbonyl (C=O) groups is 2. The van der Waals surface area contributed by atoms with E-state index in [9.17, 15) is 9.59 Å². The first-order valence-corrected chi connectivity index (χ1v) is 14.5. The predicted molar refractivity (Wildman–Crippen MR) is 153 cm³/mol. The van der Waals surface area contributed by atoms with Crippen molar-refractivity contribution in [1.82, 2.24) is 30.0 Å². The molecule has 1 unspecified atom stereocenters. The van der Waals surface area contributed by atoms with Gasteiger partial charge >= 0.3 is 6.03 Å². The molecule has 38 heavy (non-hydrogen) atoms. The summed E-state index contributed by atoms with van der Waals surface area (Å²) in [6, 6.07) is 12.1. The van der Waals surface area contributed by atoms with Crippen molar-refractivity contribution < 1.29 is 9.59 Å². The minimum atomic E-state index is -0.284. The maximum atomic E-state index is 12.9. The van der Waals surface area contributed by atoms with E-state index in [0.29, 0.717) is 29.9 Å². The van der Waals surface area contributed by atoms with Crippen LogP contribution in [0.3, 0.4) is 0 Å². The lowest BCUT2D eigenvalue weighted by Crippen LogP contribution is -2.59. The Kier molecular flexibility index (Phi) is 9.38. The number of aromatic nitrogens is 2. The van der Waals surface area contributed by atoms with Crippen LogP contribution in [0.1, 0.15) is 33.3 Å². The predicted octanol–water partition coefficient (Wildman–Crippen LogP) is 3.59. The number of hydrogen-bond acceptors (Lipinski definition) is 7. The SMILES string of the molecule is CC1CN(c2cc(Cl)nc(SCC(=O)N3CCN(Cc4ccccc4)CC3)n2)CCN1C(=O)NC(C)(C)C. The van der Waals surface area contributed by atoms with E-state index in [1.54, 1.807) is 6.07 Å². The molecule has 4 rings (SSSR count). The third-order valence-electron chi connectivity index (χ3n) is 6.65. The summed E-state index contributed by atoms with van der Waals surface area (Å²) in [5.41, 5.74) is 1.01. The molecule has 9 nitrogen and oxygen atoms in total. The third-order valence-corrected chi connectivity index (χ3v) is 7.68. The van der Waals surface area contributed by atoms with E-state index >= 15 is 0 Å². The molecule has 1 aromatic carbocycles.